The lowest BCUT2D eigenvalue weighted by Gasteiger charge is -2.17. The van der Waals surface area contributed by atoms with Crippen molar-refractivity contribution >= 4 is 11.9 Å². The molecule has 2 unspecified atom stereocenters. The molecule has 7 heteroatoms. The Hall–Kier alpha value is -2.05. The van der Waals surface area contributed by atoms with Crippen molar-refractivity contribution in [2.24, 2.45) is 5.92 Å². The number of nitrogens with one attached hydrogen (secondary N) is 1. The highest BCUT2D eigenvalue weighted by atomic mass is 19.4. The molecule has 2 N–H and O–H groups in total. The number of rotatable bonds is 6. The molecule has 2 atom stereocenters. The average Bonchev–Trinajstić information content (AvgIpc) is 2.43. The van der Waals surface area contributed by atoms with E-state index in [0.717, 1.165) is 12.1 Å². The number of carbonyl (C=O) groups excluding carboxylic acids is 1. The lowest BCUT2D eigenvalue weighted by Crippen LogP contribution is -2.43. The molecule has 1 rings (SSSR count). The van der Waals surface area contributed by atoms with Gasteiger partial charge in [0.1, 0.15) is 6.04 Å². The van der Waals surface area contributed by atoms with Crippen LogP contribution in [0.1, 0.15) is 31.4 Å². The van der Waals surface area contributed by atoms with E-state index >= 15 is 0 Å². The summed E-state index contributed by atoms with van der Waals surface area (Å²) in [6.45, 7) is 3.24. The van der Waals surface area contributed by atoms with Crippen LogP contribution in [0, 0.1) is 5.92 Å². The summed E-state index contributed by atoms with van der Waals surface area (Å²) < 4.78 is 37.3. The van der Waals surface area contributed by atoms with Crippen LogP contribution in [0.2, 0.25) is 0 Å². The van der Waals surface area contributed by atoms with Crippen molar-refractivity contribution in [3.05, 3.63) is 35.4 Å². The Morgan fingerprint density at radius 2 is 1.77 bits per heavy atom. The van der Waals surface area contributed by atoms with Gasteiger partial charge in [-0.25, -0.2) is 4.79 Å². The van der Waals surface area contributed by atoms with Crippen LogP contribution in [-0.2, 0) is 22.2 Å². The van der Waals surface area contributed by atoms with Gasteiger partial charge in [-0.05, 0) is 30.5 Å². The molecule has 0 bridgehead atoms. The Bertz CT molecular complexity index is 526. The molecular formula is C15H18F3NO3. The van der Waals surface area contributed by atoms with E-state index in [-0.39, 0.29) is 12.8 Å². The van der Waals surface area contributed by atoms with Crippen molar-refractivity contribution in [2.75, 3.05) is 0 Å². The fourth-order valence-electron chi connectivity index (χ4n) is 1.93. The van der Waals surface area contributed by atoms with Gasteiger partial charge in [-0.3, -0.25) is 4.79 Å². The second kappa shape index (κ2) is 7.29. The molecule has 1 aromatic carbocycles. The summed E-state index contributed by atoms with van der Waals surface area (Å²) in [7, 11) is 0. The molecule has 0 heterocycles. The third kappa shape index (κ3) is 5.05. The zero-order chi connectivity index (χ0) is 16.9. The molecule has 4 nitrogen and oxygen atoms in total. The van der Waals surface area contributed by atoms with Crippen LogP contribution in [0.3, 0.4) is 0 Å². The first-order valence-electron chi connectivity index (χ1n) is 6.84. The number of carboxylic acid groups (broad SMARTS) is 1. The van der Waals surface area contributed by atoms with E-state index in [1.165, 1.54) is 12.1 Å². The zero-order valence-corrected chi connectivity index (χ0v) is 12.3. The topological polar surface area (TPSA) is 66.4 Å². The Morgan fingerprint density at radius 3 is 2.18 bits per heavy atom. The summed E-state index contributed by atoms with van der Waals surface area (Å²) in [5, 5.41) is 11.3. The minimum atomic E-state index is -4.39. The van der Waals surface area contributed by atoms with Gasteiger partial charge in [-0.1, -0.05) is 26.0 Å². The number of alkyl halides is 3. The number of aliphatic carboxylic acids is 1. The van der Waals surface area contributed by atoms with E-state index in [1.807, 2.05) is 0 Å². The third-order valence-electron chi connectivity index (χ3n) is 3.29. The second-order valence-electron chi connectivity index (χ2n) is 5.11. The van der Waals surface area contributed by atoms with Gasteiger partial charge in [0.15, 0.2) is 0 Å². The predicted octanol–water partition coefficient (Wildman–Crippen LogP) is 2.86. The maximum Gasteiger partial charge on any atom is 0.416 e. The first kappa shape index (κ1) is 18.0. The van der Waals surface area contributed by atoms with Crippen LogP contribution in [0.15, 0.2) is 24.3 Å². The van der Waals surface area contributed by atoms with E-state index in [0.29, 0.717) is 5.56 Å². The Labute approximate surface area is 126 Å². The first-order valence-corrected chi connectivity index (χ1v) is 6.84. The van der Waals surface area contributed by atoms with Gasteiger partial charge in [0.25, 0.3) is 0 Å². The van der Waals surface area contributed by atoms with Crippen LogP contribution in [0.4, 0.5) is 13.2 Å². The second-order valence-corrected chi connectivity index (χ2v) is 5.11. The number of amides is 1. The maximum absolute atomic E-state index is 12.4. The highest BCUT2D eigenvalue weighted by molar-refractivity contribution is 5.84. The minimum Gasteiger partial charge on any atom is -0.480 e. The number of carbonyl (C=O) groups is 2. The number of halogens is 3. The quantitative estimate of drug-likeness (QED) is 0.848. The zero-order valence-electron chi connectivity index (χ0n) is 12.3. The molecule has 0 aromatic heterocycles. The van der Waals surface area contributed by atoms with Crippen LogP contribution >= 0.6 is 0 Å². The highest BCUT2D eigenvalue weighted by Crippen LogP contribution is 2.29. The number of carboxylic acids is 1. The molecule has 0 aliphatic heterocycles. The van der Waals surface area contributed by atoms with Crippen molar-refractivity contribution in [2.45, 2.75) is 38.9 Å². The molecule has 0 radical (unpaired) electrons. The Kier molecular flexibility index (Phi) is 5.96. The summed E-state index contributed by atoms with van der Waals surface area (Å²) in [5.74, 6) is -2.09. The van der Waals surface area contributed by atoms with Gasteiger partial charge in [0, 0.05) is 5.92 Å². The van der Waals surface area contributed by atoms with E-state index in [1.54, 1.807) is 13.8 Å². The Balaban J connectivity index is 2.66. The summed E-state index contributed by atoms with van der Waals surface area (Å²) in [6, 6.07) is 3.61. The molecule has 0 fully saturated rings. The number of hydrogen-bond donors (Lipinski definition) is 2. The fourth-order valence-corrected chi connectivity index (χ4v) is 1.93. The molecular weight excluding hydrogens is 299 g/mol. The van der Waals surface area contributed by atoms with E-state index in [2.05, 4.69) is 5.32 Å². The van der Waals surface area contributed by atoms with Crippen molar-refractivity contribution < 1.29 is 27.9 Å². The molecule has 0 aliphatic rings. The maximum atomic E-state index is 12.4. The van der Waals surface area contributed by atoms with Gasteiger partial charge in [0.05, 0.1) is 5.56 Å². The molecule has 0 aliphatic carbocycles. The third-order valence-corrected chi connectivity index (χ3v) is 3.29. The molecule has 0 spiro atoms. The lowest BCUT2D eigenvalue weighted by atomic mass is 9.99. The molecule has 0 saturated heterocycles. The van der Waals surface area contributed by atoms with Crippen LogP contribution in [-0.4, -0.2) is 23.0 Å². The lowest BCUT2D eigenvalue weighted by molar-refractivity contribution is -0.142. The summed E-state index contributed by atoms with van der Waals surface area (Å²) >= 11 is 0. The van der Waals surface area contributed by atoms with Gasteiger partial charge in [-0.2, -0.15) is 13.2 Å². The van der Waals surface area contributed by atoms with Crippen LogP contribution < -0.4 is 5.32 Å². The SMILES string of the molecule is CCC(NC(=O)C(C)Cc1ccc(C(F)(F)F)cc1)C(=O)O. The molecule has 1 amide bonds. The van der Waals surface area contributed by atoms with Crippen molar-refractivity contribution in [1.29, 1.82) is 0 Å². The molecule has 1 aromatic rings. The fraction of sp³-hybridized carbons (Fsp3) is 0.467. The van der Waals surface area contributed by atoms with Crippen LogP contribution in [0.25, 0.3) is 0 Å². The Morgan fingerprint density at radius 1 is 1.23 bits per heavy atom. The van der Waals surface area contributed by atoms with Gasteiger partial charge >= 0.3 is 12.1 Å². The van der Waals surface area contributed by atoms with E-state index in [4.69, 9.17) is 5.11 Å². The molecule has 122 valence electrons. The van der Waals surface area contributed by atoms with E-state index in [9.17, 15) is 22.8 Å². The largest absolute Gasteiger partial charge is 0.480 e. The normalized spacial score (nSPS) is 14.2. The van der Waals surface area contributed by atoms with Gasteiger partial charge in [-0.15, -0.1) is 0 Å². The average molecular weight is 317 g/mol. The summed E-state index contributed by atoms with van der Waals surface area (Å²) in [6.07, 6.45) is -3.90. The van der Waals surface area contributed by atoms with Gasteiger partial charge in [0.2, 0.25) is 5.91 Å². The number of hydrogen-bond acceptors (Lipinski definition) is 2. The van der Waals surface area contributed by atoms with Crippen molar-refractivity contribution in [3.8, 4) is 0 Å². The molecule has 22 heavy (non-hydrogen) atoms. The van der Waals surface area contributed by atoms with E-state index < -0.39 is 35.6 Å². The van der Waals surface area contributed by atoms with Crippen LogP contribution in [0.5, 0.6) is 0 Å². The smallest absolute Gasteiger partial charge is 0.416 e. The summed E-state index contributed by atoms with van der Waals surface area (Å²) in [5.41, 5.74) is -0.163. The summed E-state index contributed by atoms with van der Waals surface area (Å²) in [4.78, 5) is 22.8. The standard InChI is InChI=1S/C15H18F3NO3/c1-3-12(14(21)22)19-13(20)9(2)8-10-4-6-11(7-5-10)15(16,17)18/h4-7,9,12H,3,8H2,1-2H3,(H,19,20)(H,21,22). The monoisotopic (exact) mass is 317 g/mol. The number of benzene rings is 1. The highest BCUT2D eigenvalue weighted by Gasteiger charge is 2.30. The molecule has 0 saturated carbocycles. The predicted molar refractivity (Wildman–Crippen MR) is 74.2 cm³/mol. The van der Waals surface area contributed by atoms with Gasteiger partial charge < -0.3 is 10.4 Å². The van der Waals surface area contributed by atoms with Crippen molar-refractivity contribution in [1.82, 2.24) is 5.32 Å². The van der Waals surface area contributed by atoms with Crippen molar-refractivity contribution in [3.63, 3.8) is 0 Å². The minimum absolute atomic E-state index is 0.236. The first-order chi connectivity index (χ1) is 10.1.